The quantitative estimate of drug-likeness (QED) is 0.113. The number of hydrogen-bond acceptors (Lipinski definition) is 6. The average Bonchev–Trinajstić information content (AvgIpc) is 4.01. The van der Waals surface area contributed by atoms with Crippen LogP contribution in [0.5, 0.6) is 0 Å². The number of benzene rings is 4. The maximum atomic E-state index is 11.9. The van der Waals surface area contributed by atoms with Gasteiger partial charge in [-0.15, -0.1) is 37.2 Å². The molecule has 0 saturated carbocycles. The lowest BCUT2D eigenvalue weighted by Gasteiger charge is -2.37. The van der Waals surface area contributed by atoms with Crippen molar-refractivity contribution >= 4 is 48.9 Å². The summed E-state index contributed by atoms with van der Waals surface area (Å²) >= 11 is 0. The van der Waals surface area contributed by atoms with Gasteiger partial charge in [-0.2, -0.15) is 0 Å². The van der Waals surface area contributed by atoms with Crippen LogP contribution in [0.25, 0.3) is 0 Å². The van der Waals surface area contributed by atoms with Gasteiger partial charge in [0.1, 0.15) is 0 Å². The number of halogens is 3. The van der Waals surface area contributed by atoms with Crippen LogP contribution in [-0.2, 0) is 0 Å². The van der Waals surface area contributed by atoms with Gasteiger partial charge in [0.15, 0.2) is 0 Å². The van der Waals surface area contributed by atoms with E-state index in [4.69, 9.17) is 5.73 Å². The number of carbonyl (C=O) groups is 1. The van der Waals surface area contributed by atoms with Gasteiger partial charge in [-0.05, 0) is 97.9 Å². The van der Waals surface area contributed by atoms with Gasteiger partial charge in [0.25, 0.3) is 0 Å². The number of nitrogen functional groups attached to an aromatic ring is 1. The topological polar surface area (TPSA) is 111 Å². The van der Waals surface area contributed by atoms with E-state index in [-0.39, 0.29) is 43.1 Å². The number of hydrogen-bond donors (Lipinski definition) is 6. The van der Waals surface area contributed by atoms with Crippen molar-refractivity contribution in [3.05, 3.63) is 137 Å². The van der Waals surface area contributed by atoms with E-state index in [0.717, 1.165) is 57.1 Å². The highest BCUT2D eigenvalue weighted by Crippen LogP contribution is 2.46. The van der Waals surface area contributed by atoms with Gasteiger partial charge in [-0.1, -0.05) is 84.9 Å². The van der Waals surface area contributed by atoms with Crippen LogP contribution in [0.3, 0.4) is 0 Å². The minimum atomic E-state index is -0.873. The molecule has 5 fully saturated rings. The molecule has 5 heterocycles. The van der Waals surface area contributed by atoms with E-state index in [9.17, 15) is 9.90 Å². The zero-order chi connectivity index (χ0) is 35.2. The van der Waals surface area contributed by atoms with Gasteiger partial charge in [-0.3, -0.25) is 0 Å². The highest BCUT2D eigenvalue weighted by molar-refractivity contribution is 5.87. The fraction of sp³-hybridized carbons (Fsp3) is 0.444. The first-order valence-electron chi connectivity index (χ1n) is 19.8. The Hall–Kier alpha value is -3.14. The number of fused-ring (bicyclic) bond motifs is 8. The smallest absolute Gasteiger partial charge is 0.335 e. The average molecular weight is 805 g/mol. The summed E-state index contributed by atoms with van der Waals surface area (Å²) in [7, 11) is 0. The number of aromatic carboxylic acids is 1. The summed E-state index contributed by atoms with van der Waals surface area (Å²) in [4.78, 5) is 11.9. The summed E-state index contributed by atoms with van der Waals surface area (Å²) in [6, 6.07) is 41.7. The molecule has 8 bridgehead atoms. The van der Waals surface area contributed by atoms with Crippen LogP contribution >= 0.6 is 37.2 Å². The molecule has 0 aromatic heterocycles. The molecule has 10 unspecified atom stereocenters. The van der Waals surface area contributed by atoms with Crippen molar-refractivity contribution in [1.82, 2.24) is 21.3 Å². The van der Waals surface area contributed by atoms with Crippen LogP contribution in [0, 0.1) is 0 Å². The number of carboxylic acids is 1. The fourth-order valence-corrected chi connectivity index (χ4v) is 11.4. The summed E-state index contributed by atoms with van der Waals surface area (Å²) in [6.07, 6.45) is 9.02. The molecule has 9 rings (SSSR count). The van der Waals surface area contributed by atoms with Crippen molar-refractivity contribution in [2.24, 2.45) is 0 Å². The Labute approximate surface area is 344 Å². The second kappa shape index (κ2) is 18.0. The summed E-state index contributed by atoms with van der Waals surface area (Å²) in [5.74, 6) is 0.414. The molecule has 5 aliphatic rings. The lowest BCUT2D eigenvalue weighted by Crippen LogP contribution is -2.51. The molecule has 0 spiro atoms. The zero-order valence-corrected chi connectivity index (χ0v) is 33.6. The van der Waals surface area contributed by atoms with Crippen molar-refractivity contribution < 1.29 is 9.90 Å². The van der Waals surface area contributed by atoms with E-state index < -0.39 is 5.97 Å². The third-order valence-electron chi connectivity index (χ3n) is 13.6. The Kier molecular flexibility index (Phi) is 13.6. The molecule has 7 nitrogen and oxygen atoms in total. The lowest BCUT2D eigenvalue weighted by atomic mass is 9.82. The number of nitrogens with two attached hydrogens (primary N) is 1. The van der Waals surface area contributed by atoms with Crippen LogP contribution in [0.15, 0.2) is 109 Å². The van der Waals surface area contributed by atoms with E-state index in [0.29, 0.717) is 71.7 Å². The summed E-state index contributed by atoms with van der Waals surface area (Å²) in [6.45, 7) is 0. The van der Waals surface area contributed by atoms with Crippen molar-refractivity contribution in [2.75, 3.05) is 5.73 Å². The Morgan fingerprint density at radius 2 is 0.673 bits per heavy atom. The minimum absolute atomic E-state index is 0. The molecule has 4 aromatic carbocycles. The second-order valence-corrected chi connectivity index (χ2v) is 16.3. The van der Waals surface area contributed by atoms with E-state index in [2.05, 4.69) is 118 Å². The van der Waals surface area contributed by atoms with Gasteiger partial charge in [-0.25, -0.2) is 4.79 Å². The lowest BCUT2D eigenvalue weighted by molar-refractivity contribution is 0.0697. The molecule has 0 radical (unpaired) electrons. The van der Waals surface area contributed by atoms with Gasteiger partial charge >= 0.3 is 5.97 Å². The van der Waals surface area contributed by atoms with Crippen molar-refractivity contribution in [1.29, 1.82) is 0 Å². The number of nitrogens with one attached hydrogen (secondary N) is 4. The molecule has 5 saturated heterocycles. The van der Waals surface area contributed by atoms with Gasteiger partial charge in [0.05, 0.1) is 5.56 Å². The number of rotatable bonds is 5. The molecule has 10 atom stereocenters. The van der Waals surface area contributed by atoms with Crippen molar-refractivity contribution in [2.45, 2.75) is 123 Å². The van der Waals surface area contributed by atoms with E-state index >= 15 is 0 Å². The van der Waals surface area contributed by atoms with E-state index in [1.165, 1.54) is 22.3 Å². The van der Waals surface area contributed by atoms with E-state index in [1.54, 1.807) is 12.1 Å². The largest absolute Gasteiger partial charge is 0.478 e. The molecule has 7 N–H and O–H groups in total. The highest BCUT2D eigenvalue weighted by atomic mass is 35.5. The van der Waals surface area contributed by atoms with Crippen LogP contribution in [-0.4, -0.2) is 59.4 Å². The normalized spacial score (nSPS) is 33.8. The first-order chi connectivity index (χ1) is 25.5. The molecule has 0 aliphatic carbocycles. The summed E-state index contributed by atoms with van der Waals surface area (Å²) in [5.41, 5.74) is 12.8. The van der Waals surface area contributed by atoms with Gasteiger partial charge in [0.2, 0.25) is 0 Å². The minimum Gasteiger partial charge on any atom is -0.478 e. The Bertz CT molecular complexity index is 1750. The predicted octanol–water partition coefficient (Wildman–Crippen LogP) is 8.16. The maximum absolute atomic E-state index is 11.9. The molecule has 55 heavy (non-hydrogen) atoms. The Morgan fingerprint density at radius 1 is 0.418 bits per heavy atom. The number of carboxylic acid groups (broad SMARTS) is 1. The standard InChI is InChI=1S/C45H53N5O2.3ClH/c46-32-17-15-30(16-18-32)44-39-25-21-35(49-39)41(27-7-3-1-4-8-27)33-19-23-37(47-33)43(29-11-13-31(14-12-29)45(51)52)38-24-20-34(48-38)42(28-9-5-2-6-10-28)36-22-26-40(44)50-36;;;/h1-18,33-44,47-50H,19-26,46H2,(H,51,52);3*1H. The highest BCUT2D eigenvalue weighted by Gasteiger charge is 2.49. The van der Waals surface area contributed by atoms with Crippen molar-refractivity contribution in [3.8, 4) is 0 Å². The van der Waals surface area contributed by atoms with Crippen LogP contribution in [0.1, 0.15) is 108 Å². The monoisotopic (exact) mass is 803 g/mol. The van der Waals surface area contributed by atoms with Gasteiger partial charge < -0.3 is 32.1 Å². The molecule has 10 heteroatoms. The Morgan fingerprint density at radius 3 is 0.945 bits per heavy atom. The van der Waals surface area contributed by atoms with Gasteiger partial charge in [0, 0.05) is 77.7 Å². The Balaban J connectivity index is 0.00000171. The molecular weight excluding hydrogens is 749 g/mol. The fourth-order valence-electron chi connectivity index (χ4n) is 11.4. The van der Waals surface area contributed by atoms with Crippen LogP contribution in [0.4, 0.5) is 5.69 Å². The predicted molar refractivity (Wildman–Crippen MR) is 230 cm³/mol. The van der Waals surface area contributed by atoms with E-state index in [1.807, 2.05) is 0 Å². The molecule has 5 aliphatic heterocycles. The number of anilines is 1. The third kappa shape index (κ3) is 8.31. The molecule has 4 aromatic rings. The second-order valence-electron chi connectivity index (χ2n) is 16.3. The molecule has 294 valence electrons. The first-order valence-corrected chi connectivity index (χ1v) is 19.8. The summed E-state index contributed by atoms with van der Waals surface area (Å²) < 4.78 is 0. The van der Waals surface area contributed by atoms with Crippen LogP contribution in [0.2, 0.25) is 0 Å². The molecule has 0 amide bonds. The summed E-state index contributed by atoms with van der Waals surface area (Å²) in [5, 5.41) is 26.9. The van der Waals surface area contributed by atoms with Crippen LogP contribution < -0.4 is 27.0 Å². The first kappa shape index (κ1) is 41.5. The third-order valence-corrected chi connectivity index (χ3v) is 13.6. The van der Waals surface area contributed by atoms with Crippen molar-refractivity contribution in [3.63, 3.8) is 0 Å². The SMILES string of the molecule is Cl.Cl.Cl.Nc1ccc(C2C3CCC(N3)C(c3ccccc3)C3CCC(N3)C(c3ccc(C(=O)O)cc3)C3CCC(N3)C(c3ccccc3)C3CCC2N3)cc1. The maximum Gasteiger partial charge on any atom is 0.335 e. The molecular formula is C45H56Cl3N5O2. The zero-order valence-electron chi connectivity index (χ0n) is 31.1.